The number of hydrogen-bond acceptors (Lipinski definition) is 17. The van der Waals surface area contributed by atoms with Crippen molar-refractivity contribution < 1.29 is 10.0 Å². The van der Waals surface area contributed by atoms with Gasteiger partial charge < -0.3 is 10.0 Å². The molecule has 0 unspecified atom stereocenters. The van der Waals surface area contributed by atoms with Crippen LogP contribution in [0.1, 0.15) is 0 Å². The highest BCUT2D eigenvalue weighted by atomic mass is 35.5. The summed E-state index contributed by atoms with van der Waals surface area (Å²) in [5.41, 5.74) is 12.1. The molecule has 540 valence electrons. The van der Waals surface area contributed by atoms with Gasteiger partial charge in [0.1, 0.15) is 0 Å². The fourth-order valence-corrected chi connectivity index (χ4v) is 15.4. The van der Waals surface area contributed by atoms with Crippen molar-refractivity contribution in [3.63, 3.8) is 0 Å². The van der Waals surface area contributed by atoms with Gasteiger partial charge in [-0.3, -0.25) is 15.0 Å². The normalized spacial score (nSPS) is 11.5. The molecule has 0 aliphatic carbocycles. The molecule has 17 nitrogen and oxygen atoms in total. The molecule has 0 aliphatic rings. The van der Waals surface area contributed by atoms with E-state index in [9.17, 15) is 0 Å². The summed E-state index contributed by atoms with van der Waals surface area (Å²) in [5, 5.41) is 34.1. The Labute approximate surface area is 666 Å². The number of halogens is 2. The van der Waals surface area contributed by atoms with Gasteiger partial charge in [-0.1, -0.05) is 224 Å². The van der Waals surface area contributed by atoms with Gasteiger partial charge in [0.2, 0.25) is 10.6 Å². The molecule has 7 aromatic heterocycles. The fraction of sp³-hybridized carbons (Fsp3) is 0. The highest BCUT2D eigenvalue weighted by molar-refractivity contribution is 6.59. The van der Waals surface area contributed by atoms with Crippen molar-refractivity contribution in [2.24, 2.45) is 0 Å². The van der Waals surface area contributed by atoms with Gasteiger partial charge in [0.25, 0.3) is 0 Å². The lowest BCUT2D eigenvalue weighted by Gasteiger charge is -2.16. The smallest absolute Gasteiger partial charge is 0.423 e. The Bertz CT molecular complexity index is 7110. The average Bonchev–Trinajstić information content (AvgIpc) is 0.727. The summed E-state index contributed by atoms with van der Waals surface area (Å²) >= 11 is 12.8. The van der Waals surface area contributed by atoms with Crippen LogP contribution >= 0.6 is 23.2 Å². The number of fused-ring (bicyclic) bond motifs is 3. The van der Waals surface area contributed by atoms with Gasteiger partial charge in [0, 0.05) is 85.0 Å². The zero-order valence-electron chi connectivity index (χ0n) is 60.6. The fourth-order valence-electron chi connectivity index (χ4n) is 15.1. The van der Waals surface area contributed by atoms with E-state index in [0.29, 0.717) is 63.7 Å². The lowest BCUT2D eigenvalue weighted by molar-refractivity contribution is 0.426. The van der Waals surface area contributed by atoms with Crippen molar-refractivity contribution in [1.82, 2.24) is 74.8 Å². The lowest BCUT2D eigenvalue weighted by Crippen LogP contribution is -2.29. The number of aromatic nitrogens is 15. The number of nitrogens with zero attached hydrogens (tertiary/aromatic N) is 15. The van der Waals surface area contributed by atoms with Crippen LogP contribution < -0.4 is 5.46 Å². The van der Waals surface area contributed by atoms with E-state index >= 15 is 0 Å². The van der Waals surface area contributed by atoms with Crippen LogP contribution in [0, 0.1) is 0 Å². The number of rotatable bonds is 11. The van der Waals surface area contributed by atoms with E-state index in [2.05, 4.69) is 144 Å². The Balaban J connectivity index is 0.000000134. The van der Waals surface area contributed by atoms with E-state index in [-0.39, 0.29) is 10.6 Å². The standard InChI is InChI=1S/C52H30N8.C34H18Cl2N6.C9H8BNO2/c1-3-9-33(10-4-1)47-55-49(37-19-25-43-35(29-37)13-7-27-53-43)59-51(57-47)41-23-17-31-16-22-40-42(24-18-32-15-21-39(41)45(31)46(32)40)52-58-48(34-11-5-2-6-12-34)56-50(60-52)38-20-26-44-36(30-38)14-8-28-54-44;35-33-39-29(21-7-3-1-4-8-21)37-31(41-33)25-17-13-19-12-16-24-26(18-14-20-11-15-23(25)27(19)28(20)24)32-38-30(40-34(36)42-32)22-9-5-2-6-10-22;12-10(13)8-3-4-9-7(6-8)2-1-5-11-9/h1-30H;1-18H;1-6,12-13H. The van der Waals surface area contributed by atoms with Crippen molar-refractivity contribution in [3.05, 3.63) is 339 Å². The van der Waals surface area contributed by atoms with Crippen LogP contribution in [0.4, 0.5) is 0 Å². The predicted molar refractivity (Wildman–Crippen MR) is 460 cm³/mol. The van der Waals surface area contributed by atoms with E-state index in [1.807, 2.05) is 182 Å². The average molecular weight is 1520 g/mol. The minimum atomic E-state index is -1.41. The first-order valence-electron chi connectivity index (χ1n) is 37.0. The summed E-state index contributed by atoms with van der Waals surface area (Å²) in [7, 11) is -1.41. The van der Waals surface area contributed by atoms with E-state index < -0.39 is 7.12 Å². The molecule has 2 N–H and O–H groups in total. The molecular weight excluding hydrogens is 1460 g/mol. The second-order valence-electron chi connectivity index (χ2n) is 27.5. The first kappa shape index (κ1) is 69.4. The minimum Gasteiger partial charge on any atom is -0.423 e. The van der Waals surface area contributed by atoms with Crippen LogP contribution in [0.3, 0.4) is 0 Å². The van der Waals surface area contributed by atoms with Crippen LogP contribution in [0.25, 0.3) is 211 Å². The summed E-state index contributed by atoms with van der Waals surface area (Å²) in [4.78, 5) is 71.3. The van der Waals surface area contributed by atoms with E-state index in [0.717, 1.165) is 153 Å². The third-order valence-corrected chi connectivity index (χ3v) is 20.9. The van der Waals surface area contributed by atoms with Gasteiger partial charge in [0.15, 0.2) is 58.2 Å². The summed E-state index contributed by atoms with van der Waals surface area (Å²) in [6, 6.07) is 103. The first-order chi connectivity index (χ1) is 56.6. The Hall–Kier alpha value is -14.8. The third kappa shape index (κ3) is 13.3. The first-order valence-corrected chi connectivity index (χ1v) is 37.8. The molecule has 0 spiro atoms. The summed E-state index contributed by atoms with van der Waals surface area (Å²) < 4.78 is 0. The maximum atomic E-state index is 8.92. The van der Waals surface area contributed by atoms with Gasteiger partial charge in [-0.05, 0) is 184 Å². The molecule has 0 saturated carbocycles. The maximum absolute atomic E-state index is 8.92. The Kier molecular flexibility index (Phi) is 17.8. The van der Waals surface area contributed by atoms with Crippen molar-refractivity contribution in [2.45, 2.75) is 0 Å². The molecule has 0 atom stereocenters. The summed E-state index contributed by atoms with van der Waals surface area (Å²) in [5.74, 6) is 5.70. The monoisotopic (exact) mass is 1520 g/mol. The highest BCUT2D eigenvalue weighted by Gasteiger charge is 2.24. The molecule has 0 fully saturated rings. The summed E-state index contributed by atoms with van der Waals surface area (Å²) in [6.07, 6.45) is 5.32. The molecular formula is C95H56BCl2N15O2. The Morgan fingerprint density at radius 3 is 0.791 bits per heavy atom. The SMILES string of the molecule is Clc1nc(-c2ccccc2)nc(-c2ccc3ccc4c(-c5nc(Cl)nc(-c6ccccc6)n5)ccc5ccc2c3c54)n1.OB(O)c1ccc2ncccc2c1.c1ccc(-c2nc(-c3ccc4ncccc4c3)nc(-c3ccc4ccc5c(-c6nc(-c7ccccc7)nc(-c7ccc8ncccc8c7)n6)ccc6ccc3c4c65)n2)cc1. The van der Waals surface area contributed by atoms with E-state index in [4.69, 9.17) is 73.1 Å². The minimum absolute atomic E-state index is 0.146. The second kappa shape index (κ2) is 29.5. The number of pyridine rings is 3. The molecule has 0 radical (unpaired) electrons. The second-order valence-corrected chi connectivity index (χ2v) is 28.2. The van der Waals surface area contributed by atoms with Crippen molar-refractivity contribution in [1.29, 1.82) is 0 Å². The van der Waals surface area contributed by atoms with Gasteiger partial charge in [-0.2, -0.15) is 19.9 Å². The van der Waals surface area contributed by atoms with Gasteiger partial charge >= 0.3 is 7.12 Å². The van der Waals surface area contributed by atoms with Crippen LogP contribution in [-0.2, 0) is 0 Å². The molecule has 0 amide bonds. The molecule has 0 aliphatic heterocycles. The zero-order chi connectivity index (χ0) is 77.0. The Morgan fingerprint density at radius 1 is 0.209 bits per heavy atom. The largest absolute Gasteiger partial charge is 0.488 e. The summed E-state index contributed by atoms with van der Waals surface area (Å²) in [6.45, 7) is 0. The van der Waals surface area contributed by atoms with Crippen LogP contribution in [-0.4, -0.2) is 91.9 Å². The number of hydrogen-bond donors (Lipinski definition) is 2. The van der Waals surface area contributed by atoms with E-state index in [1.165, 1.54) is 0 Å². The van der Waals surface area contributed by atoms with Crippen molar-refractivity contribution >= 4 is 133 Å². The number of benzene rings is 15. The quantitative estimate of drug-likeness (QED) is 0.0905. The van der Waals surface area contributed by atoms with Crippen molar-refractivity contribution in [3.8, 4) is 114 Å². The Morgan fingerprint density at radius 2 is 0.470 bits per heavy atom. The van der Waals surface area contributed by atoms with E-state index in [1.54, 1.807) is 36.8 Å². The van der Waals surface area contributed by atoms with Gasteiger partial charge in [-0.15, -0.1) is 0 Å². The highest BCUT2D eigenvalue weighted by Crippen LogP contribution is 2.45. The molecule has 0 bridgehead atoms. The molecule has 115 heavy (non-hydrogen) atoms. The van der Waals surface area contributed by atoms with Crippen LogP contribution in [0.5, 0.6) is 0 Å². The molecule has 22 rings (SSSR count). The molecule has 0 saturated heterocycles. The predicted octanol–water partition coefficient (Wildman–Crippen LogP) is 20.9. The van der Waals surface area contributed by atoms with Gasteiger partial charge in [0.05, 0.1) is 16.6 Å². The maximum Gasteiger partial charge on any atom is 0.488 e. The molecule has 20 heteroatoms. The van der Waals surface area contributed by atoms with Crippen LogP contribution in [0.2, 0.25) is 10.6 Å². The van der Waals surface area contributed by atoms with Crippen molar-refractivity contribution in [2.75, 3.05) is 0 Å². The zero-order valence-corrected chi connectivity index (χ0v) is 62.1. The molecule has 22 aromatic rings. The van der Waals surface area contributed by atoms with Crippen LogP contribution in [0.15, 0.2) is 328 Å². The lowest BCUT2D eigenvalue weighted by atomic mass is 9.80. The topological polar surface area (TPSA) is 234 Å². The van der Waals surface area contributed by atoms with Gasteiger partial charge in [-0.25, -0.2) is 39.9 Å². The molecule has 7 heterocycles. The third-order valence-electron chi connectivity index (χ3n) is 20.6. The molecule has 15 aromatic carbocycles.